The highest BCUT2D eigenvalue weighted by molar-refractivity contribution is 7.30. The molecule has 0 saturated heterocycles. The lowest BCUT2D eigenvalue weighted by Gasteiger charge is -2.32. The van der Waals surface area contributed by atoms with Crippen LogP contribution in [0.2, 0.25) is 0 Å². The Hall–Kier alpha value is -4.64. The van der Waals surface area contributed by atoms with Gasteiger partial charge in [-0.1, -0.05) is 78.9 Å². The van der Waals surface area contributed by atoms with E-state index in [1.54, 1.807) is 0 Å². The second-order valence-electron chi connectivity index (χ2n) is 10.1. The predicted octanol–water partition coefficient (Wildman–Crippen LogP) is 11.7. The molecule has 0 radical (unpaired) electrons. The summed E-state index contributed by atoms with van der Waals surface area (Å²) in [6.45, 7) is 0. The SMILES string of the molecule is c1ccc2c(c1)Oc1ccccc1N2c1ccc(-c2cccc3c2sc2c3ccc3sc4ccccc4c32)cc1. The monoisotopic (exact) mass is 547 g/mol. The third-order valence-electron chi connectivity index (χ3n) is 7.87. The Labute approximate surface area is 238 Å². The highest BCUT2D eigenvalue weighted by atomic mass is 32.1. The second-order valence-corrected chi connectivity index (χ2v) is 12.2. The molecule has 0 fully saturated rings. The summed E-state index contributed by atoms with van der Waals surface area (Å²) in [6, 6.07) is 45.5. The molecular weight excluding hydrogens is 527 g/mol. The summed E-state index contributed by atoms with van der Waals surface area (Å²) in [5.41, 5.74) is 5.71. The molecule has 1 aliphatic heterocycles. The molecular formula is C36H21NOS2. The number of rotatable bonds is 2. The standard InChI is InChI=1S/C36H21NOS2/c1-6-15-32-27(8-1)34-33(39-32)21-20-26-25-10-7-9-24(35(25)40-36(26)34)22-16-18-23(19-17-22)37-28-11-2-4-13-30(28)38-31-14-5-3-12-29(31)37/h1-21H. The van der Waals surface area contributed by atoms with Gasteiger partial charge < -0.3 is 9.64 Å². The van der Waals surface area contributed by atoms with Crippen LogP contribution in [0.3, 0.4) is 0 Å². The molecule has 4 heteroatoms. The Kier molecular flexibility index (Phi) is 4.68. The fraction of sp³-hybridized carbons (Fsp3) is 0. The van der Waals surface area contributed by atoms with Crippen molar-refractivity contribution in [2.24, 2.45) is 0 Å². The number of benzene rings is 6. The van der Waals surface area contributed by atoms with Gasteiger partial charge in [0.25, 0.3) is 0 Å². The molecule has 9 rings (SSSR count). The molecule has 188 valence electrons. The van der Waals surface area contributed by atoms with Crippen molar-refractivity contribution in [3.63, 3.8) is 0 Å². The molecule has 40 heavy (non-hydrogen) atoms. The van der Waals surface area contributed by atoms with E-state index in [1.807, 2.05) is 46.9 Å². The van der Waals surface area contributed by atoms with Crippen LogP contribution >= 0.6 is 22.7 Å². The zero-order valence-corrected chi connectivity index (χ0v) is 22.9. The van der Waals surface area contributed by atoms with Gasteiger partial charge in [0, 0.05) is 46.0 Å². The topological polar surface area (TPSA) is 12.5 Å². The minimum absolute atomic E-state index is 0.868. The van der Waals surface area contributed by atoms with Gasteiger partial charge >= 0.3 is 0 Å². The molecule has 2 nitrogen and oxygen atoms in total. The number of ether oxygens (including phenoxy) is 1. The molecule has 0 unspecified atom stereocenters. The maximum atomic E-state index is 6.21. The maximum Gasteiger partial charge on any atom is 0.151 e. The van der Waals surface area contributed by atoms with Gasteiger partial charge in [-0.05, 0) is 59.7 Å². The minimum atomic E-state index is 0.868. The van der Waals surface area contributed by atoms with E-state index in [0.29, 0.717) is 0 Å². The summed E-state index contributed by atoms with van der Waals surface area (Å²) in [4.78, 5) is 2.29. The van der Waals surface area contributed by atoms with Crippen LogP contribution < -0.4 is 9.64 Å². The van der Waals surface area contributed by atoms with E-state index in [0.717, 1.165) is 28.6 Å². The number of hydrogen-bond acceptors (Lipinski definition) is 4. The molecule has 0 spiro atoms. The Morgan fingerprint density at radius 2 is 1.15 bits per heavy atom. The summed E-state index contributed by atoms with van der Waals surface area (Å²) in [5, 5.41) is 5.42. The van der Waals surface area contributed by atoms with Crippen LogP contribution in [0, 0.1) is 0 Å². The van der Waals surface area contributed by atoms with E-state index in [2.05, 4.69) is 108 Å². The zero-order chi connectivity index (χ0) is 26.2. The molecule has 1 aliphatic rings. The molecule has 0 saturated carbocycles. The second kappa shape index (κ2) is 8.43. The van der Waals surface area contributed by atoms with Crippen molar-refractivity contribution in [3.05, 3.63) is 127 Å². The van der Waals surface area contributed by atoms with Gasteiger partial charge in [-0.3, -0.25) is 0 Å². The Morgan fingerprint density at radius 1 is 0.475 bits per heavy atom. The number of para-hydroxylation sites is 4. The molecule has 8 aromatic rings. The Bertz CT molecular complexity index is 2210. The van der Waals surface area contributed by atoms with E-state index >= 15 is 0 Å². The number of thiophene rings is 2. The Morgan fingerprint density at radius 3 is 1.95 bits per heavy atom. The third kappa shape index (κ3) is 3.15. The van der Waals surface area contributed by atoms with Crippen molar-refractivity contribution in [1.29, 1.82) is 0 Å². The van der Waals surface area contributed by atoms with E-state index in [9.17, 15) is 0 Å². The van der Waals surface area contributed by atoms with Crippen LogP contribution in [0.4, 0.5) is 17.1 Å². The molecule has 0 aliphatic carbocycles. The first-order chi connectivity index (χ1) is 19.8. The fourth-order valence-corrected chi connectivity index (χ4v) is 8.64. The fourth-order valence-electron chi connectivity index (χ4n) is 6.06. The van der Waals surface area contributed by atoms with Gasteiger partial charge in [0.15, 0.2) is 11.5 Å². The zero-order valence-electron chi connectivity index (χ0n) is 21.3. The number of hydrogen-bond donors (Lipinski definition) is 0. The van der Waals surface area contributed by atoms with Gasteiger partial charge in [0.05, 0.1) is 11.4 Å². The van der Waals surface area contributed by atoms with Crippen molar-refractivity contribution < 1.29 is 4.74 Å². The van der Waals surface area contributed by atoms with Gasteiger partial charge in [0.1, 0.15) is 0 Å². The van der Waals surface area contributed by atoms with Gasteiger partial charge in [-0.15, -0.1) is 22.7 Å². The number of fused-ring (bicyclic) bond motifs is 9. The maximum absolute atomic E-state index is 6.21. The van der Waals surface area contributed by atoms with Crippen LogP contribution in [0.1, 0.15) is 0 Å². The molecule has 0 bridgehead atoms. The molecule has 0 N–H and O–H groups in total. The highest BCUT2D eigenvalue weighted by Crippen LogP contribution is 2.51. The first kappa shape index (κ1) is 22.2. The van der Waals surface area contributed by atoms with E-state index in [1.165, 1.54) is 51.5 Å². The largest absolute Gasteiger partial charge is 0.453 e. The van der Waals surface area contributed by atoms with Crippen molar-refractivity contribution >= 4 is 80.1 Å². The third-order valence-corrected chi connectivity index (χ3v) is 10.3. The summed E-state index contributed by atoms with van der Waals surface area (Å²) in [5.74, 6) is 1.74. The lowest BCUT2D eigenvalue weighted by atomic mass is 10.0. The average Bonchev–Trinajstić information content (AvgIpc) is 3.58. The summed E-state index contributed by atoms with van der Waals surface area (Å²) < 4.78 is 11.6. The summed E-state index contributed by atoms with van der Waals surface area (Å²) in [6.07, 6.45) is 0. The lowest BCUT2D eigenvalue weighted by molar-refractivity contribution is 0.477. The average molecular weight is 548 g/mol. The summed E-state index contributed by atoms with van der Waals surface area (Å²) in [7, 11) is 0. The molecule has 0 amide bonds. The van der Waals surface area contributed by atoms with E-state index in [-0.39, 0.29) is 0 Å². The highest BCUT2D eigenvalue weighted by Gasteiger charge is 2.25. The van der Waals surface area contributed by atoms with E-state index in [4.69, 9.17) is 4.74 Å². The van der Waals surface area contributed by atoms with Crippen LogP contribution in [-0.4, -0.2) is 0 Å². The normalized spacial score (nSPS) is 12.7. The molecule has 2 aromatic heterocycles. The first-order valence-corrected chi connectivity index (χ1v) is 15.0. The van der Waals surface area contributed by atoms with Crippen molar-refractivity contribution in [3.8, 4) is 22.6 Å². The number of nitrogens with zero attached hydrogens (tertiary/aromatic N) is 1. The lowest BCUT2D eigenvalue weighted by Crippen LogP contribution is -2.15. The quantitative estimate of drug-likeness (QED) is 0.213. The van der Waals surface area contributed by atoms with E-state index < -0.39 is 0 Å². The van der Waals surface area contributed by atoms with Gasteiger partial charge in [-0.25, -0.2) is 0 Å². The predicted molar refractivity (Wildman–Crippen MR) is 172 cm³/mol. The van der Waals surface area contributed by atoms with Crippen molar-refractivity contribution in [2.75, 3.05) is 4.90 Å². The molecule has 3 heterocycles. The minimum Gasteiger partial charge on any atom is -0.453 e. The molecule has 6 aromatic carbocycles. The Balaban J connectivity index is 1.21. The molecule has 0 atom stereocenters. The van der Waals surface area contributed by atoms with Crippen LogP contribution in [0.15, 0.2) is 127 Å². The van der Waals surface area contributed by atoms with Gasteiger partial charge in [-0.2, -0.15) is 0 Å². The van der Waals surface area contributed by atoms with Crippen molar-refractivity contribution in [1.82, 2.24) is 0 Å². The number of anilines is 3. The summed E-state index contributed by atoms with van der Waals surface area (Å²) >= 11 is 3.81. The van der Waals surface area contributed by atoms with Gasteiger partial charge in [0.2, 0.25) is 0 Å². The van der Waals surface area contributed by atoms with Crippen molar-refractivity contribution in [2.45, 2.75) is 0 Å². The van der Waals surface area contributed by atoms with Crippen LogP contribution in [0.25, 0.3) is 51.5 Å². The first-order valence-electron chi connectivity index (χ1n) is 13.4. The van der Waals surface area contributed by atoms with Crippen LogP contribution in [-0.2, 0) is 0 Å². The smallest absolute Gasteiger partial charge is 0.151 e. The van der Waals surface area contributed by atoms with Crippen LogP contribution in [0.5, 0.6) is 11.5 Å².